The number of amides is 1. The van der Waals surface area contributed by atoms with Gasteiger partial charge in [-0.15, -0.1) is 0 Å². The summed E-state index contributed by atoms with van der Waals surface area (Å²) < 4.78 is 6.43. The van der Waals surface area contributed by atoms with Crippen LogP contribution in [0.4, 0.5) is 0 Å². The lowest BCUT2D eigenvalue weighted by Gasteiger charge is -2.32. The van der Waals surface area contributed by atoms with Crippen molar-refractivity contribution in [1.29, 1.82) is 0 Å². The second-order valence-electron chi connectivity index (χ2n) is 6.96. The summed E-state index contributed by atoms with van der Waals surface area (Å²) in [6, 6.07) is 5.00. The monoisotopic (exact) mass is 367 g/mol. The number of halogens is 1. The van der Waals surface area contributed by atoms with Crippen LogP contribution in [0.2, 0.25) is 0 Å². The standard InChI is InChI=1S/C17H22BrNO3/c1-10(2)14(16(21)22-17(3,4)5)19-9-11-8-12(18)6-7-13(11)15(19)20/h6-8,10,14H,9H2,1-5H3. The molecule has 0 radical (unpaired) electrons. The van der Waals surface area contributed by atoms with Crippen molar-refractivity contribution in [2.75, 3.05) is 0 Å². The van der Waals surface area contributed by atoms with Crippen LogP contribution in [-0.2, 0) is 16.1 Å². The molecule has 1 aliphatic rings. The second kappa shape index (κ2) is 6.03. The van der Waals surface area contributed by atoms with E-state index in [-0.39, 0.29) is 17.8 Å². The Labute approximate surface area is 140 Å². The molecule has 1 heterocycles. The lowest BCUT2D eigenvalue weighted by Crippen LogP contribution is -2.47. The Bertz CT molecular complexity index is 604. The SMILES string of the molecule is CC(C)C(C(=O)OC(C)(C)C)N1Cc2cc(Br)ccc2C1=O. The van der Waals surface area contributed by atoms with E-state index < -0.39 is 11.6 Å². The molecule has 1 atom stereocenters. The van der Waals surface area contributed by atoms with Crippen molar-refractivity contribution >= 4 is 27.8 Å². The number of hydrogen-bond donors (Lipinski definition) is 0. The molecule has 0 fully saturated rings. The van der Waals surface area contributed by atoms with E-state index in [1.165, 1.54) is 0 Å². The van der Waals surface area contributed by atoms with Gasteiger partial charge in [0, 0.05) is 16.6 Å². The normalized spacial score (nSPS) is 16.0. The summed E-state index contributed by atoms with van der Waals surface area (Å²) >= 11 is 3.42. The highest BCUT2D eigenvalue weighted by Crippen LogP contribution is 2.30. The van der Waals surface area contributed by atoms with E-state index in [4.69, 9.17) is 4.74 Å². The van der Waals surface area contributed by atoms with Crippen molar-refractivity contribution in [2.24, 2.45) is 5.92 Å². The van der Waals surface area contributed by atoms with Crippen molar-refractivity contribution in [3.05, 3.63) is 33.8 Å². The van der Waals surface area contributed by atoms with Crippen molar-refractivity contribution in [3.63, 3.8) is 0 Å². The van der Waals surface area contributed by atoms with Crippen LogP contribution in [0, 0.1) is 5.92 Å². The number of esters is 1. The molecule has 0 saturated heterocycles. The fourth-order valence-electron chi connectivity index (χ4n) is 2.66. The summed E-state index contributed by atoms with van der Waals surface area (Å²) in [5.74, 6) is -0.466. The van der Waals surface area contributed by atoms with Gasteiger partial charge in [0.2, 0.25) is 0 Å². The van der Waals surface area contributed by atoms with Gasteiger partial charge in [-0.2, -0.15) is 0 Å². The maximum atomic E-state index is 12.6. The van der Waals surface area contributed by atoms with Crippen LogP contribution in [0.1, 0.15) is 50.5 Å². The average molecular weight is 368 g/mol. The van der Waals surface area contributed by atoms with E-state index in [1.54, 1.807) is 11.0 Å². The van der Waals surface area contributed by atoms with Gasteiger partial charge in [0.15, 0.2) is 0 Å². The van der Waals surface area contributed by atoms with Gasteiger partial charge in [-0.05, 0) is 50.5 Å². The molecular formula is C17H22BrNO3. The molecule has 1 aromatic carbocycles. The molecule has 0 saturated carbocycles. The van der Waals surface area contributed by atoms with Crippen LogP contribution in [0.3, 0.4) is 0 Å². The summed E-state index contributed by atoms with van der Waals surface area (Å²) in [6.45, 7) is 9.80. The summed E-state index contributed by atoms with van der Waals surface area (Å²) in [7, 11) is 0. The number of ether oxygens (including phenoxy) is 1. The molecule has 2 rings (SSSR count). The molecule has 1 unspecified atom stereocenters. The van der Waals surface area contributed by atoms with Gasteiger partial charge < -0.3 is 9.64 Å². The number of nitrogens with zero attached hydrogens (tertiary/aromatic N) is 1. The average Bonchev–Trinajstić information content (AvgIpc) is 2.63. The lowest BCUT2D eigenvalue weighted by molar-refractivity contribution is -0.162. The molecule has 1 aromatic rings. The van der Waals surface area contributed by atoms with Crippen LogP contribution in [0.15, 0.2) is 22.7 Å². The predicted octanol–water partition coefficient (Wildman–Crippen LogP) is 3.77. The third-order valence-corrected chi connectivity index (χ3v) is 4.01. The Balaban J connectivity index is 2.28. The van der Waals surface area contributed by atoms with Gasteiger partial charge in [0.1, 0.15) is 11.6 Å². The molecule has 0 spiro atoms. The first-order valence-corrected chi connectivity index (χ1v) is 8.21. The van der Waals surface area contributed by atoms with Crippen molar-refractivity contribution in [2.45, 2.75) is 52.8 Å². The summed E-state index contributed by atoms with van der Waals surface area (Å²) in [4.78, 5) is 26.8. The Kier molecular flexibility index (Phi) is 4.66. The first kappa shape index (κ1) is 17.0. The number of hydrogen-bond acceptors (Lipinski definition) is 3. The first-order chi connectivity index (χ1) is 10.1. The molecule has 0 aromatic heterocycles. The van der Waals surface area contributed by atoms with Gasteiger partial charge in [-0.3, -0.25) is 4.79 Å². The fourth-order valence-corrected chi connectivity index (χ4v) is 3.07. The third kappa shape index (κ3) is 3.51. The van der Waals surface area contributed by atoms with E-state index in [0.717, 1.165) is 10.0 Å². The van der Waals surface area contributed by atoms with Crippen LogP contribution in [0.5, 0.6) is 0 Å². The minimum Gasteiger partial charge on any atom is -0.458 e. The Morgan fingerprint density at radius 3 is 2.50 bits per heavy atom. The van der Waals surface area contributed by atoms with Gasteiger partial charge in [0.25, 0.3) is 5.91 Å². The zero-order valence-electron chi connectivity index (χ0n) is 13.6. The zero-order chi connectivity index (χ0) is 16.7. The molecular weight excluding hydrogens is 346 g/mol. The number of carbonyl (C=O) groups excluding carboxylic acids is 2. The largest absolute Gasteiger partial charge is 0.458 e. The van der Waals surface area contributed by atoms with Crippen molar-refractivity contribution < 1.29 is 14.3 Å². The van der Waals surface area contributed by atoms with E-state index in [2.05, 4.69) is 15.9 Å². The first-order valence-electron chi connectivity index (χ1n) is 7.42. The minimum atomic E-state index is -0.571. The van der Waals surface area contributed by atoms with E-state index in [0.29, 0.717) is 12.1 Å². The number of benzene rings is 1. The van der Waals surface area contributed by atoms with Crippen LogP contribution < -0.4 is 0 Å². The second-order valence-corrected chi connectivity index (χ2v) is 7.87. The molecule has 0 aliphatic carbocycles. The van der Waals surface area contributed by atoms with Crippen LogP contribution in [0.25, 0.3) is 0 Å². The smallest absolute Gasteiger partial charge is 0.329 e. The van der Waals surface area contributed by atoms with E-state index in [1.807, 2.05) is 46.8 Å². The highest BCUT2D eigenvalue weighted by atomic mass is 79.9. The maximum absolute atomic E-state index is 12.6. The Morgan fingerprint density at radius 1 is 1.32 bits per heavy atom. The van der Waals surface area contributed by atoms with Gasteiger partial charge in [0.05, 0.1) is 0 Å². The van der Waals surface area contributed by atoms with Crippen LogP contribution >= 0.6 is 15.9 Å². The fraction of sp³-hybridized carbons (Fsp3) is 0.529. The molecule has 22 heavy (non-hydrogen) atoms. The van der Waals surface area contributed by atoms with E-state index >= 15 is 0 Å². The number of rotatable bonds is 3. The molecule has 4 nitrogen and oxygen atoms in total. The lowest BCUT2D eigenvalue weighted by atomic mass is 10.0. The summed E-state index contributed by atoms with van der Waals surface area (Å²) in [5.41, 5.74) is 1.04. The van der Waals surface area contributed by atoms with Gasteiger partial charge >= 0.3 is 5.97 Å². The topological polar surface area (TPSA) is 46.6 Å². The third-order valence-electron chi connectivity index (χ3n) is 3.51. The predicted molar refractivity (Wildman–Crippen MR) is 88.5 cm³/mol. The molecule has 0 N–H and O–H groups in total. The number of carbonyl (C=O) groups is 2. The van der Waals surface area contributed by atoms with Crippen LogP contribution in [-0.4, -0.2) is 28.4 Å². The maximum Gasteiger partial charge on any atom is 0.329 e. The summed E-state index contributed by atoms with van der Waals surface area (Å²) in [6.07, 6.45) is 0. The highest BCUT2D eigenvalue weighted by molar-refractivity contribution is 9.10. The number of fused-ring (bicyclic) bond motifs is 1. The quantitative estimate of drug-likeness (QED) is 0.763. The Hall–Kier alpha value is -1.36. The van der Waals surface area contributed by atoms with E-state index in [9.17, 15) is 9.59 Å². The molecule has 1 aliphatic heterocycles. The molecule has 120 valence electrons. The zero-order valence-corrected chi connectivity index (χ0v) is 15.2. The van der Waals surface area contributed by atoms with Crippen molar-refractivity contribution in [3.8, 4) is 0 Å². The molecule has 0 bridgehead atoms. The molecule has 1 amide bonds. The Morgan fingerprint density at radius 2 is 1.95 bits per heavy atom. The van der Waals surface area contributed by atoms with Gasteiger partial charge in [-0.1, -0.05) is 29.8 Å². The van der Waals surface area contributed by atoms with Crippen molar-refractivity contribution in [1.82, 2.24) is 4.90 Å². The highest BCUT2D eigenvalue weighted by Gasteiger charge is 2.40. The minimum absolute atomic E-state index is 0.0171. The molecule has 5 heteroatoms. The van der Waals surface area contributed by atoms with Gasteiger partial charge in [-0.25, -0.2) is 4.79 Å². The summed E-state index contributed by atoms with van der Waals surface area (Å²) in [5, 5.41) is 0.